The Hall–Kier alpha value is -1.48. The molecule has 6 heteroatoms. The Kier molecular flexibility index (Phi) is 5.72. The van der Waals surface area contributed by atoms with Crippen LogP contribution in [0.15, 0.2) is 11.2 Å². The highest BCUT2D eigenvalue weighted by molar-refractivity contribution is 7.98. The Morgan fingerprint density at radius 2 is 2.28 bits per heavy atom. The predicted octanol–water partition coefficient (Wildman–Crippen LogP) is 2.23. The molecule has 0 aromatic carbocycles. The topological polar surface area (TPSA) is 64.8 Å². The van der Waals surface area contributed by atoms with Crippen LogP contribution in [0, 0.1) is 17.2 Å². The number of thioether (sulfide) groups is 1. The summed E-state index contributed by atoms with van der Waals surface area (Å²) in [5.74, 6) is 1.64. The van der Waals surface area contributed by atoms with Crippen LogP contribution in [0.5, 0.6) is 0 Å². The summed E-state index contributed by atoms with van der Waals surface area (Å²) in [7, 11) is 1.94. The van der Waals surface area contributed by atoms with Crippen molar-refractivity contribution in [1.82, 2.24) is 9.97 Å². The molecule has 0 aliphatic heterocycles. The van der Waals surface area contributed by atoms with E-state index in [0.29, 0.717) is 6.54 Å². The van der Waals surface area contributed by atoms with Crippen LogP contribution in [0.4, 0.5) is 11.6 Å². The van der Waals surface area contributed by atoms with Gasteiger partial charge in [0.25, 0.3) is 0 Å². The average molecular weight is 265 g/mol. The zero-order valence-corrected chi connectivity index (χ0v) is 12.1. The van der Waals surface area contributed by atoms with E-state index in [1.807, 2.05) is 38.1 Å². The fraction of sp³-hybridized carbons (Fsp3) is 0.583. The van der Waals surface area contributed by atoms with Crippen molar-refractivity contribution >= 4 is 23.4 Å². The smallest absolute Gasteiger partial charge is 0.191 e. The first-order valence-corrected chi connectivity index (χ1v) is 7.10. The maximum Gasteiger partial charge on any atom is 0.191 e. The first-order chi connectivity index (χ1) is 8.60. The minimum Gasteiger partial charge on any atom is -0.370 e. The molecule has 0 fully saturated rings. The van der Waals surface area contributed by atoms with Gasteiger partial charge >= 0.3 is 0 Å². The van der Waals surface area contributed by atoms with Gasteiger partial charge in [-0.3, -0.25) is 0 Å². The van der Waals surface area contributed by atoms with E-state index in [1.54, 1.807) is 0 Å². The molecule has 18 heavy (non-hydrogen) atoms. The molecular formula is C12H19N5S. The van der Waals surface area contributed by atoms with Crippen molar-refractivity contribution < 1.29 is 0 Å². The molecule has 0 amide bonds. The number of nitrogens with zero attached hydrogens (tertiary/aromatic N) is 4. The third-order valence-electron chi connectivity index (χ3n) is 2.39. The minimum atomic E-state index is -0.0229. The second-order valence-electron chi connectivity index (χ2n) is 4.04. The first-order valence-electron chi connectivity index (χ1n) is 5.88. The number of aromatic nitrogens is 2. The van der Waals surface area contributed by atoms with E-state index >= 15 is 0 Å². The summed E-state index contributed by atoms with van der Waals surface area (Å²) in [6.07, 6.45) is 1.95. The maximum atomic E-state index is 8.84. The van der Waals surface area contributed by atoms with E-state index in [1.165, 1.54) is 11.8 Å². The van der Waals surface area contributed by atoms with Crippen LogP contribution in [-0.4, -0.2) is 36.4 Å². The van der Waals surface area contributed by atoms with Crippen molar-refractivity contribution in [2.45, 2.75) is 19.0 Å². The lowest BCUT2D eigenvalue weighted by molar-refractivity contribution is 0.705. The summed E-state index contributed by atoms with van der Waals surface area (Å²) in [6.45, 7) is 5.41. The highest BCUT2D eigenvalue weighted by atomic mass is 32.2. The summed E-state index contributed by atoms with van der Waals surface area (Å²) in [6, 6.07) is 4.14. The lowest BCUT2D eigenvalue weighted by Gasteiger charge is -2.20. The summed E-state index contributed by atoms with van der Waals surface area (Å²) < 4.78 is 0. The molecule has 98 valence electrons. The highest BCUT2D eigenvalue weighted by Gasteiger charge is 2.10. The van der Waals surface area contributed by atoms with E-state index in [9.17, 15) is 0 Å². The SMILES string of the molecule is CCNc1cc(N(C)CC(C)C#N)nc(SC)n1. The molecule has 0 spiro atoms. The number of hydrogen-bond donors (Lipinski definition) is 1. The van der Waals surface area contributed by atoms with Gasteiger partial charge in [-0.05, 0) is 20.1 Å². The fourth-order valence-electron chi connectivity index (χ4n) is 1.52. The first kappa shape index (κ1) is 14.6. The Morgan fingerprint density at radius 1 is 1.56 bits per heavy atom. The largest absolute Gasteiger partial charge is 0.370 e. The molecule has 1 heterocycles. The molecule has 0 aliphatic carbocycles. The summed E-state index contributed by atoms with van der Waals surface area (Å²) in [5, 5.41) is 12.8. The second kappa shape index (κ2) is 7.07. The fourth-order valence-corrected chi connectivity index (χ4v) is 1.89. The van der Waals surface area contributed by atoms with Gasteiger partial charge in [0.15, 0.2) is 5.16 Å². The molecule has 0 saturated heterocycles. The average Bonchev–Trinajstić information content (AvgIpc) is 2.38. The van der Waals surface area contributed by atoms with Gasteiger partial charge in [-0.25, -0.2) is 9.97 Å². The van der Waals surface area contributed by atoms with Gasteiger partial charge in [0.05, 0.1) is 12.0 Å². The minimum absolute atomic E-state index is 0.0229. The zero-order valence-electron chi connectivity index (χ0n) is 11.3. The zero-order chi connectivity index (χ0) is 13.5. The second-order valence-corrected chi connectivity index (χ2v) is 4.81. The van der Waals surface area contributed by atoms with Gasteiger partial charge in [-0.15, -0.1) is 0 Å². The van der Waals surface area contributed by atoms with Crippen LogP contribution >= 0.6 is 11.8 Å². The number of anilines is 2. The molecule has 1 rings (SSSR count). The molecule has 0 bridgehead atoms. The Morgan fingerprint density at radius 3 is 2.83 bits per heavy atom. The van der Waals surface area contributed by atoms with Crippen molar-refractivity contribution in [3.63, 3.8) is 0 Å². The van der Waals surface area contributed by atoms with Gasteiger partial charge in [0.2, 0.25) is 0 Å². The van der Waals surface area contributed by atoms with E-state index < -0.39 is 0 Å². The Bertz CT molecular complexity index is 429. The van der Waals surface area contributed by atoms with Crippen LogP contribution in [0.1, 0.15) is 13.8 Å². The van der Waals surface area contributed by atoms with E-state index in [4.69, 9.17) is 5.26 Å². The van der Waals surface area contributed by atoms with Gasteiger partial charge in [-0.2, -0.15) is 5.26 Å². The summed E-state index contributed by atoms with van der Waals surface area (Å²) in [4.78, 5) is 10.8. The quantitative estimate of drug-likeness (QED) is 0.628. The van der Waals surface area contributed by atoms with Crippen molar-refractivity contribution in [2.75, 3.05) is 36.6 Å². The van der Waals surface area contributed by atoms with E-state index in [0.717, 1.165) is 23.3 Å². The van der Waals surface area contributed by atoms with Crippen molar-refractivity contribution in [2.24, 2.45) is 5.92 Å². The van der Waals surface area contributed by atoms with Crippen LogP contribution in [0.2, 0.25) is 0 Å². The molecule has 0 aliphatic rings. The molecule has 0 saturated carbocycles. The normalized spacial score (nSPS) is 11.7. The Balaban J connectivity index is 2.93. The number of rotatable bonds is 6. The van der Waals surface area contributed by atoms with E-state index in [2.05, 4.69) is 21.4 Å². The monoisotopic (exact) mass is 265 g/mol. The van der Waals surface area contributed by atoms with Crippen molar-refractivity contribution in [1.29, 1.82) is 5.26 Å². The van der Waals surface area contributed by atoms with Gasteiger partial charge in [-0.1, -0.05) is 11.8 Å². The summed E-state index contributed by atoms with van der Waals surface area (Å²) >= 11 is 1.51. The number of nitrogens with one attached hydrogen (secondary N) is 1. The molecule has 1 unspecified atom stereocenters. The molecular weight excluding hydrogens is 246 g/mol. The third-order valence-corrected chi connectivity index (χ3v) is 2.94. The molecule has 1 aromatic rings. The molecule has 1 aromatic heterocycles. The van der Waals surface area contributed by atoms with E-state index in [-0.39, 0.29) is 5.92 Å². The lowest BCUT2D eigenvalue weighted by atomic mass is 10.2. The van der Waals surface area contributed by atoms with Crippen molar-refractivity contribution in [3.05, 3.63) is 6.07 Å². The molecule has 5 nitrogen and oxygen atoms in total. The number of hydrogen-bond acceptors (Lipinski definition) is 6. The highest BCUT2D eigenvalue weighted by Crippen LogP contribution is 2.20. The third kappa shape index (κ3) is 4.08. The van der Waals surface area contributed by atoms with Crippen LogP contribution < -0.4 is 10.2 Å². The standard InChI is InChI=1S/C12H19N5S/c1-5-14-10-6-11(16-12(15-10)18-4)17(3)8-9(2)7-13/h6,9H,5,8H2,1-4H3,(H,14,15,16). The van der Waals surface area contributed by atoms with Crippen LogP contribution in [0.25, 0.3) is 0 Å². The van der Waals surface area contributed by atoms with Gasteiger partial charge in [0.1, 0.15) is 11.6 Å². The molecule has 1 atom stereocenters. The Labute approximate surface area is 113 Å². The molecule has 1 N–H and O–H groups in total. The van der Waals surface area contributed by atoms with Gasteiger partial charge < -0.3 is 10.2 Å². The predicted molar refractivity (Wildman–Crippen MR) is 76.0 cm³/mol. The number of nitriles is 1. The molecule has 0 radical (unpaired) electrons. The van der Waals surface area contributed by atoms with Crippen LogP contribution in [0.3, 0.4) is 0 Å². The van der Waals surface area contributed by atoms with Crippen LogP contribution in [-0.2, 0) is 0 Å². The van der Waals surface area contributed by atoms with Gasteiger partial charge in [0, 0.05) is 26.2 Å². The van der Waals surface area contributed by atoms with Crippen molar-refractivity contribution in [3.8, 4) is 6.07 Å². The maximum absolute atomic E-state index is 8.84. The summed E-state index contributed by atoms with van der Waals surface area (Å²) in [5.41, 5.74) is 0. The lowest BCUT2D eigenvalue weighted by Crippen LogP contribution is -2.24.